The highest BCUT2D eigenvalue weighted by atomic mass is 16.7. The molecule has 0 spiro atoms. The summed E-state index contributed by atoms with van der Waals surface area (Å²) in [6.07, 6.45) is 5.40. The number of hydrogen-bond acceptors (Lipinski definition) is 6. The molecule has 7 heteroatoms. The number of hydrogen-bond donors (Lipinski definition) is 3. The van der Waals surface area contributed by atoms with Crippen LogP contribution in [0.2, 0.25) is 0 Å². The Hall–Kier alpha value is -2.25. The molecule has 0 bridgehead atoms. The quantitative estimate of drug-likeness (QED) is 0.566. The molecule has 7 nitrogen and oxygen atoms in total. The monoisotopic (exact) mass is 320 g/mol. The summed E-state index contributed by atoms with van der Waals surface area (Å²) in [5, 5.41) is 8.65. The van der Waals surface area contributed by atoms with Crippen LogP contribution in [-0.4, -0.2) is 30.4 Å². The molecule has 0 saturated heterocycles. The lowest BCUT2D eigenvalue weighted by molar-refractivity contribution is -0.139. The molecule has 1 aliphatic heterocycles. The minimum Gasteiger partial charge on any atom is -0.493 e. The summed E-state index contributed by atoms with van der Waals surface area (Å²) in [5.74, 6) is 0.711. The molecule has 1 aliphatic carbocycles. The lowest BCUT2D eigenvalue weighted by Crippen LogP contribution is -2.32. The average molecular weight is 320 g/mol. The number of amides is 1. The van der Waals surface area contributed by atoms with Crippen LogP contribution < -0.4 is 20.4 Å². The Kier molecular flexibility index (Phi) is 4.68. The number of rotatable bonds is 5. The van der Waals surface area contributed by atoms with Gasteiger partial charge in [-0.25, -0.2) is 5.48 Å². The summed E-state index contributed by atoms with van der Waals surface area (Å²) in [6.45, 7) is 0. The average Bonchev–Trinajstić information content (AvgIpc) is 3.25. The van der Waals surface area contributed by atoms with Crippen LogP contribution in [0.1, 0.15) is 31.2 Å². The molecule has 1 atom stereocenters. The van der Waals surface area contributed by atoms with Gasteiger partial charge < -0.3 is 9.47 Å². The first-order valence-electron chi connectivity index (χ1n) is 7.63. The Morgan fingerprint density at radius 1 is 1.35 bits per heavy atom. The van der Waals surface area contributed by atoms with Crippen molar-refractivity contribution >= 4 is 11.6 Å². The summed E-state index contributed by atoms with van der Waals surface area (Å²) in [4.78, 5) is 16.5. The smallest absolute Gasteiger partial charge is 0.279 e. The van der Waals surface area contributed by atoms with E-state index in [0.717, 1.165) is 18.4 Å². The zero-order valence-corrected chi connectivity index (χ0v) is 12.9. The van der Waals surface area contributed by atoms with Gasteiger partial charge in [-0.3, -0.25) is 20.3 Å². The highest BCUT2D eigenvalue weighted by Gasteiger charge is 2.25. The van der Waals surface area contributed by atoms with Gasteiger partial charge in [0, 0.05) is 5.56 Å². The molecule has 1 heterocycles. The molecule has 1 aromatic carbocycles. The maximum Gasteiger partial charge on any atom is 0.279 e. The first kappa shape index (κ1) is 15.6. The summed E-state index contributed by atoms with van der Waals surface area (Å²) in [6, 6.07) is 5.53. The standard InChI is InChI=1S/C16H20N2O5/c1-21-13-7-6-10(8-14(13)22-11-4-2-3-5-11)12-9-15(23-18-12)16(19)17-20/h6-9,11,15,18,20H,2-5H2,1H3,(H,17,19)/t15-/m0/s1. The fraction of sp³-hybridized carbons (Fsp3) is 0.438. The topological polar surface area (TPSA) is 89.1 Å². The summed E-state index contributed by atoms with van der Waals surface area (Å²) in [5.41, 5.74) is 5.70. The predicted molar refractivity (Wildman–Crippen MR) is 81.8 cm³/mol. The molecule has 23 heavy (non-hydrogen) atoms. The van der Waals surface area contributed by atoms with E-state index in [1.807, 2.05) is 18.2 Å². The maximum atomic E-state index is 11.4. The van der Waals surface area contributed by atoms with Crippen molar-refractivity contribution in [2.45, 2.75) is 37.9 Å². The van der Waals surface area contributed by atoms with Gasteiger partial charge in [-0.05, 0) is 50.0 Å². The third-order valence-electron chi connectivity index (χ3n) is 4.05. The lowest BCUT2D eigenvalue weighted by atomic mass is 10.1. The van der Waals surface area contributed by atoms with Crippen molar-refractivity contribution in [3.8, 4) is 11.5 Å². The fourth-order valence-corrected chi connectivity index (χ4v) is 2.82. The summed E-state index contributed by atoms with van der Waals surface area (Å²) < 4.78 is 11.4. The van der Waals surface area contributed by atoms with Crippen molar-refractivity contribution < 1.29 is 24.3 Å². The van der Waals surface area contributed by atoms with Gasteiger partial charge in [0.2, 0.25) is 0 Å². The van der Waals surface area contributed by atoms with Gasteiger partial charge in [-0.15, -0.1) is 0 Å². The molecule has 3 N–H and O–H groups in total. The molecular weight excluding hydrogens is 300 g/mol. The Balaban J connectivity index is 1.81. The number of benzene rings is 1. The number of hydroxylamine groups is 2. The molecule has 2 aliphatic rings. The second-order valence-electron chi connectivity index (χ2n) is 5.59. The molecule has 0 aromatic heterocycles. The Bertz CT molecular complexity index is 610. The van der Waals surface area contributed by atoms with Crippen LogP contribution in [0.4, 0.5) is 0 Å². The van der Waals surface area contributed by atoms with Crippen molar-refractivity contribution in [2.75, 3.05) is 7.11 Å². The number of ether oxygens (including phenoxy) is 2. The molecule has 0 radical (unpaired) electrons. The van der Waals surface area contributed by atoms with E-state index in [1.54, 1.807) is 18.7 Å². The molecule has 3 rings (SSSR count). The Labute approximate surface area is 134 Å². The van der Waals surface area contributed by atoms with Crippen molar-refractivity contribution in [2.24, 2.45) is 0 Å². The van der Waals surface area contributed by atoms with Crippen LogP contribution >= 0.6 is 0 Å². The SMILES string of the molecule is COc1ccc(C2=C[C@@H](C(=O)NO)ON2)cc1OC1CCCC1. The third kappa shape index (κ3) is 3.40. The van der Waals surface area contributed by atoms with E-state index in [-0.39, 0.29) is 6.10 Å². The minimum atomic E-state index is -0.878. The van der Waals surface area contributed by atoms with Crippen molar-refractivity contribution in [1.29, 1.82) is 0 Å². The molecule has 1 saturated carbocycles. The van der Waals surface area contributed by atoms with E-state index in [4.69, 9.17) is 19.5 Å². The number of nitrogens with one attached hydrogen (secondary N) is 2. The number of carbonyl (C=O) groups excluding carboxylic acids is 1. The van der Waals surface area contributed by atoms with Crippen molar-refractivity contribution in [3.05, 3.63) is 29.8 Å². The van der Waals surface area contributed by atoms with Gasteiger partial charge >= 0.3 is 0 Å². The Morgan fingerprint density at radius 3 is 2.83 bits per heavy atom. The molecule has 0 unspecified atom stereocenters. The Morgan fingerprint density at radius 2 is 2.13 bits per heavy atom. The second-order valence-corrected chi connectivity index (χ2v) is 5.59. The van der Waals surface area contributed by atoms with Crippen LogP contribution in [0, 0.1) is 0 Å². The van der Waals surface area contributed by atoms with Gasteiger partial charge in [-0.1, -0.05) is 0 Å². The summed E-state index contributed by atoms with van der Waals surface area (Å²) in [7, 11) is 1.61. The van der Waals surface area contributed by atoms with E-state index in [9.17, 15) is 4.79 Å². The minimum absolute atomic E-state index is 0.217. The van der Waals surface area contributed by atoms with Gasteiger partial charge in [0.25, 0.3) is 5.91 Å². The van der Waals surface area contributed by atoms with Crippen LogP contribution in [-0.2, 0) is 9.63 Å². The van der Waals surface area contributed by atoms with Crippen molar-refractivity contribution in [1.82, 2.24) is 11.0 Å². The molecule has 124 valence electrons. The zero-order valence-electron chi connectivity index (χ0n) is 12.9. The van der Waals surface area contributed by atoms with Crippen LogP contribution in [0.5, 0.6) is 11.5 Å². The van der Waals surface area contributed by atoms with E-state index in [2.05, 4.69) is 5.48 Å². The molecule has 1 aromatic rings. The first-order chi connectivity index (χ1) is 11.2. The van der Waals surface area contributed by atoms with Gasteiger partial charge in [-0.2, -0.15) is 0 Å². The second kappa shape index (κ2) is 6.89. The van der Waals surface area contributed by atoms with Gasteiger partial charge in [0.1, 0.15) is 0 Å². The van der Waals surface area contributed by atoms with E-state index in [0.29, 0.717) is 17.2 Å². The van der Waals surface area contributed by atoms with E-state index in [1.165, 1.54) is 12.8 Å². The fourth-order valence-electron chi connectivity index (χ4n) is 2.82. The first-order valence-corrected chi connectivity index (χ1v) is 7.63. The largest absolute Gasteiger partial charge is 0.493 e. The predicted octanol–water partition coefficient (Wildman–Crippen LogP) is 1.77. The van der Waals surface area contributed by atoms with Crippen LogP contribution in [0.3, 0.4) is 0 Å². The van der Waals surface area contributed by atoms with Gasteiger partial charge in [0.05, 0.1) is 18.9 Å². The van der Waals surface area contributed by atoms with E-state index < -0.39 is 12.0 Å². The van der Waals surface area contributed by atoms with Gasteiger partial charge in [0.15, 0.2) is 17.6 Å². The van der Waals surface area contributed by atoms with Crippen LogP contribution in [0.25, 0.3) is 5.70 Å². The molecule has 1 fully saturated rings. The van der Waals surface area contributed by atoms with Crippen molar-refractivity contribution in [3.63, 3.8) is 0 Å². The number of carbonyl (C=O) groups is 1. The lowest BCUT2D eigenvalue weighted by Gasteiger charge is -2.17. The maximum absolute atomic E-state index is 11.4. The highest BCUT2D eigenvalue weighted by molar-refractivity contribution is 5.85. The normalized spacial score (nSPS) is 20.8. The van der Waals surface area contributed by atoms with Crippen LogP contribution in [0.15, 0.2) is 24.3 Å². The summed E-state index contributed by atoms with van der Waals surface area (Å²) >= 11 is 0. The molecular formula is C16H20N2O5. The zero-order chi connectivity index (χ0) is 16.2. The number of methoxy groups -OCH3 is 1. The highest BCUT2D eigenvalue weighted by Crippen LogP contribution is 2.34. The third-order valence-corrected chi connectivity index (χ3v) is 4.05. The molecule has 1 amide bonds. The van der Waals surface area contributed by atoms with E-state index >= 15 is 0 Å².